The van der Waals surface area contributed by atoms with Crippen molar-refractivity contribution >= 4 is 5.52 Å². The van der Waals surface area contributed by atoms with Crippen LogP contribution in [0.3, 0.4) is 0 Å². The van der Waals surface area contributed by atoms with Gasteiger partial charge in [0.1, 0.15) is 0 Å². The Bertz CT molecular complexity index is 762. The SMILES string of the molecule is CN(C)Cc1cccc(-c2c(CO)cc3cccnn23)c1. The molecule has 0 amide bonds. The maximum atomic E-state index is 9.65. The van der Waals surface area contributed by atoms with Crippen molar-refractivity contribution in [2.75, 3.05) is 14.1 Å². The molecule has 0 saturated heterocycles. The van der Waals surface area contributed by atoms with E-state index in [0.29, 0.717) is 0 Å². The topological polar surface area (TPSA) is 40.8 Å². The second-order valence-electron chi connectivity index (χ2n) is 5.47. The zero-order valence-electron chi connectivity index (χ0n) is 12.3. The van der Waals surface area contributed by atoms with Crippen LogP contribution in [0.2, 0.25) is 0 Å². The predicted octanol–water partition coefficient (Wildman–Crippen LogP) is 2.56. The highest BCUT2D eigenvalue weighted by molar-refractivity contribution is 5.71. The number of hydrogen-bond acceptors (Lipinski definition) is 3. The molecule has 21 heavy (non-hydrogen) atoms. The highest BCUT2D eigenvalue weighted by Gasteiger charge is 2.12. The van der Waals surface area contributed by atoms with E-state index in [1.165, 1.54) is 5.56 Å². The number of aliphatic hydroxyl groups is 1. The monoisotopic (exact) mass is 281 g/mol. The molecule has 108 valence electrons. The summed E-state index contributed by atoms with van der Waals surface area (Å²) in [6.45, 7) is 0.898. The van der Waals surface area contributed by atoms with E-state index in [0.717, 1.165) is 28.9 Å². The Balaban J connectivity index is 2.15. The van der Waals surface area contributed by atoms with Gasteiger partial charge < -0.3 is 10.0 Å². The Morgan fingerprint density at radius 1 is 1.14 bits per heavy atom. The van der Waals surface area contributed by atoms with Crippen molar-refractivity contribution in [1.29, 1.82) is 0 Å². The lowest BCUT2D eigenvalue weighted by Gasteiger charge is -2.11. The third-order valence-electron chi connectivity index (χ3n) is 3.49. The standard InChI is InChI=1S/C17H19N3O/c1-19(2)11-13-5-3-6-14(9-13)17-15(12-21)10-16-7-4-8-18-20(16)17/h3-10,21H,11-12H2,1-2H3. The molecule has 0 aliphatic carbocycles. The lowest BCUT2D eigenvalue weighted by Crippen LogP contribution is -2.10. The highest BCUT2D eigenvalue weighted by atomic mass is 16.3. The molecule has 0 aliphatic heterocycles. The van der Waals surface area contributed by atoms with Gasteiger partial charge in [0.15, 0.2) is 0 Å². The van der Waals surface area contributed by atoms with Crippen molar-refractivity contribution in [2.24, 2.45) is 0 Å². The Labute approximate surface area is 124 Å². The average molecular weight is 281 g/mol. The zero-order chi connectivity index (χ0) is 14.8. The smallest absolute Gasteiger partial charge is 0.0780 e. The average Bonchev–Trinajstić information content (AvgIpc) is 2.85. The molecule has 0 unspecified atom stereocenters. The highest BCUT2D eigenvalue weighted by Crippen LogP contribution is 2.27. The maximum Gasteiger partial charge on any atom is 0.0780 e. The van der Waals surface area contributed by atoms with Gasteiger partial charge in [0.2, 0.25) is 0 Å². The summed E-state index contributed by atoms with van der Waals surface area (Å²) >= 11 is 0. The number of aliphatic hydroxyl groups excluding tert-OH is 1. The molecule has 2 heterocycles. The number of nitrogens with zero attached hydrogens (tertiary/aromatic N) is 3. The van der Waals surface area contributed by atoms with Crippen molar-refractivity contribution in [2.45, 2.75) is 13.2 Å². The van der Waals surface area contributed by atoms with Gasteiger partial charge in [-0.3, -0.25) is 0 Å². The Kier molecular flexibility index (Phi) is 3.73. The van der Waals surface area contributed by atoms with Crippen LogP contribution in [0, 0.1) is 0 Å². The molecule has 0 atom stereocenters. The summed E-state index contributed by atoms with van der Waals surface area (Å²) in [5, 5.41) is 14.1. The normalized spacial score (nSPS) is 11.4. The Morgan fingerprint density at radius 3 is 2.76 bits per heavy atom. The fraction of sp³-hybridized carbons (Fsp3) is 0.235. The number of hydrogen-bond donors (Lipinski definition) is 1. The number of fused-ring (bicyclic) bond motifs is 1. The summed E-state index contributed by atoms with van der Waals surface area (Å²) < 4.78 is 1.89. The van der Waals surface area contributed by atoms with Gasteiger partial charge in [-0.1, -0.05) is 18.2 Å². The van der Waals surface area contributed by atoms with E-state index in [4.69, 9.17) is 0 Å². The van der Waals surface area contributed by atoms with Crippen LogP contribution in [0.25, 0.3) is 16.8 Å². The molecule has 0 aliphatic rings. The lowest BCUT2D eigenvalue weighted by molar-refractivity contribution is 0.282. The predicted molar refractivity (Wildman–Crippen MR) is 83.9 cm³/mol. The minimum absolute atomic E-state index is 0.0105. The Hall–Kier alpha value is -2.17. The van der Waals surface area contributed by atoms with Gasteiger partial charge in [0.05, 0.1) is 17.8 Å². The van der Waals surface area contributed by atoms with Crippen molar-refractivity contribution in [3.8, 4) is 11.3 Å². The van der Waals surface area contributed by atoms with Gasteiger partial charge >= 0.3 is 0 Å². The molecule has 1 aromatic carbocycles. The first-order valence-corrected chi connectivity index (χ1v) is 6.99. The van der Waals surface area contributed by atoms with Crippen molar-refractivity contribution in [3.05, 3.63) is 59.8 Å². The number of benzene rings is 1. The molecule has 0 bridgehead atoms. The van der Waals surface area contributed by atoms with Crippen molar-refractivity contribution < 1.29 is 5.11 Å². The maximum absolute atomic E-state index is 9.65. The Morgan fingerprint density at radius 2 is 2.00 bits per heavy atom. The number of rotatable bonds is 4. The summed E-state index contributed by atoms with van der Waals surface area (Å²) in [5.41, 5.74) is 5.18. The first-order chi connectivity index (χ1) is 10.2. The third-order valence-corrected chi connectivity index (χ3v) is 3.49. The van der Waals surface area contributed by atoms with Gasteiger partial charge in [-0.15, -0.1) is 0 Å². The van der Waals surface area contributed by atoms with Crippen molar-refractivity contribution in [3.63, 3.8) is 0 Å². The van der Waals surface area contributed by atoms with Gasteiger partial charge in [0.25, 0.3) is 0 Å². The van der Waals surface area contributed by atoms with Crippen LogP contribution in [0.5, 0.6) is 0 Å². The summed E-state index contributed by atoms with van der Waals surface area (Å²) in [6.07, 6.45) is 1.77. The zero-order valence-corrected chi connectivity index (χ0v) is 12.3. The molecule has 4 nitrogen and oxygen atoms in total. The van der Waals surface area contributed by atoms with Crippen LogP contribution in [-0.4, -0.2) is 33.7 Å². The van der Waals surface area contributed by atoms with E-state index in [1.807, 2.05) is 22.7 Å². The fourth-order valence-corrected chi connectivity index (χ4v) is 2.67. The van der Waals surface area contributed by atoms with Gasteiger partial charge in [-0.2, -0.15) is 5.10 Å². The van der Waals surface area contributed by atoms with E-state index < -0.39 is 0 Å². The molecule has 0 fully saturated rings. The molecule has 2 aromatic heterocycles. The molecule has 0 spiro atoms. The summed E-state index contributed by atoms with van der Waals surface area (Å²) in [6, 6.07) is 14.3. The van der Waals surface area contributed by atoms with Gasteiger partial charge in [-0.05, 0) is 43.9 Å². The number of aromatic nitrogens is 2. The third kappa shape index (κ3) is 2.68. The van der Waals surface area contributed by atoms with Crippen LogP contribution in [0.1, 0.15) is 11.1 Å². The van der Waals surface area contributed by atoms with E-state index >= 15 is 0 Å². The van der Waals surface area contributed by atoms with E-state index in [1.54, 1.807) is 6.20 Å². The minimum Gasteiger partial charge on any atom is -0.392 e. The molecule has 0 saturated carbocycles. The summed E-state index contributed by atoms with van der Waals surface area (Å²) in [4.78, 5) is 2.14. The molecule has 0 radical (unpaired) electrons. The molecule has 3 aromatic rings. The van der Waals surface area contributed by atoms with Crippen LogP contribution in [-0.2, 0) is 13.2 Å². The van der Waals surface area contributed by atoms with E-state index in [2.05, 4.69) is 48.4 Å². The largest absolute Gasteiger partial charge is 0.392 e. The molecule has 4 heteroatoms. The van der Waals surface area contributed by atoms with Gasteiger partial charge in [0, 0.05) is 23.9 Å². The minimum atomic E-state index is 0.0105. The lowest BCUT2D eigenvalue weighted by atomic mass is 10.1. The molecule has 1 N–H and O–H groups in total. The first kappa shape index (κ1) is 13.8. The van der Waals surface area contributed by atoms with Crippen LogP contribution >= 0.6 is 0 Å². The summed E-state index contributed by atoms with van der Waals surface area (Å²) in [7, 11) is 4.11. The first-order valence-electron chi connectivity index (χ1n) is 6.99. The second kappa shape index (κ2) is 5.68. The van der Waals surface area contributed by atoms with Crippen molar-refractivity contribution in [1.82, 2.24) is 14.5 Å². The van der Waals surface area contributed by atoms with Crippen LogP contribution < -0.4 is 0 Å². The quantitative estimate of drug-likeness (QED) is 0.799. The second-order valence-corrected chi connectivity index (χ2v) is 5.47. The fourth-order valence-electron chi connectivity index (χ4n) is 2.67. The molecular formula is C17H19N3O. The molecular weight excluding hydrogens is 262 g/mol. The molecule has 3 rings (SSSR count). The summed E-state index contributed by atoms with van der Waals surface area (Å²) in [5.74, 6) is 0. The van der Waals surface area contributed by atoms with E-state index in [9.17, 15) is 5.11 Å². The van der Waals surface area contributed by atoms with E-state index in [-0.39, 0.29) is 6.61 Å². The van der Waals surface area contributed by atoms with Crippen LogP contribution in [0.4, 0.5) is 0 Å². The van der Waals surface area contributed by atoms with Gasteiger partial charge in [-0.25, -0.2) is 4.52 Å². The van der Waals surface area contributed by atoms with Crippen LogP contribution in [0.15, 0.2) is 48.7 Å².